The number of aryl methyl sites for hydroxylation is 1. The standard InChI is InChI=1S/C26H32NOP/c1-6-26(3,29-25-19(2)12-10-15-21(25)18-27(4)5)23-17-11-16-22(24(23)28)20-13-8-7-9-14-20/h7-17,28-29H,6,18H2,1-5H3. The van der Waals surface area contributed by atoms with E-state index in [0.29, 0.717) is 14.3 Å². The normalized spacial score (nSPS) is 13.9. The first-order valence-electron chi connectivity index (χ1n) is 10.2. The Balaban J connectivity index is 2.06. The molecule has 2 atom stereocenters. The number of nitrogens with zero attached hydrogens (tertiary/aromatic N) is 1. The van der Waals surface area contributed by atoms with Gasteiger partial charge in [0, 0.05) is 22.8 Å². The van der Waals surface area contributed by atoms with Gasteiger partial charge in [0.25, 0.3) is 0 Å². The SMILES string of the molecule is CCC(C)(Pc1c(C)cccc1CN(C)C)c1cccc(-c2ccccc2)c1O. The van der Waals surface area contributed by atoms with Gasteiger partial charge in [0.1, 0.15) is 5.75 Å². The van der Waals surface area contributed by atoms with Crippen LogP contribution in [0.15, 0.2) is 66.7 Å². The molecule has 0 amide bonds. The molecule has 0 aliphatic carbocycles. The van der Waals surface area contributed by atoms with Crippen molar-refractivity contribution in [2.24, 2.45) is 0 Å². The predicted octanol–water partition coefficient (Wildman–Crippen LogP) is 6.06. The largest absolute Gasteiger partial charge is 0.507 e. The van der Waals surface area contributed by atoms with Crippen molar-refractivity contribution in [3.63, 3.8) is 0 Å². The molecular weight excluding hydrogens is 373 g/mol. The number of aromatic hydroxyl groups is 1. The summed E-state index contributed by atoms with van der Waals surface area (Å²) in [7, 11) is 4.82. The third kappa shape index (κ3) is 4.71. The van der Waals surface area contributed by atoms with Crippen LogP contribution in [0.4, 0.5) is 0 Å². The highest BCUT2D eigenvalue weighted by atomic mass is 31.1. The van der Waals surface area contributed by atoms with Gasteiger partial charge in [-0.25, -0.2) is 0 Å². The fourth-order valence-electron chi connectivity index (χ4n) is 3.84. The summed E-state index contributed by atoms with van der Waals surface area (Å²) in [4.78, 5) is 2.22. The summed E-state index contributed by atoms with van der Waals surface area (Å²) in [5.74, 6) is 0.415. The van der Waals surface area contributed by atoms with E-state index in [9.17, 15) is 5.11 Å². The molecule has 2 nitrogen and oxygen atoms in total. The molecule has 0 aliphatic rings. The number of phenolic OH excluding ortho intramolecular Hbond substituents is 1. The minimum atomic E-state index is -0.123. The van der Waals surface area contributed by atoms with E-state index in [1.54, 1.807) is 0 Å². The Morgan fingerprint density at radius 1 is 0.931 bits per heavy atom. The molecule has 152 valence electrons. The Kier molecular flexibility index (Phi) is 6.77. The van der Waals surface area contributed by atoms with Gasteiger partial charge in [-0.2, -0.15) is 0 Å². The van der Waals surface area contributed by atoms with Crippen LogP contribution in [0.1, 0.15) is 37.0 Å². The zero-order valence-electron chi connectivity index (χ0n) is 18.2. The molecule has 0 spiro atoms. The van der Waals surface area contributed by atoms with E-state index in [1.165, 1.54) is 16.4 Å². The molecule has 0 bridgehead atoms. The summed E-state index contributed by atoms with van der Waals surface area (Å²) in [5.41, 5.74) is 5.72. The van der Waals surface area contributed by atoms with Crippen LogP contribution in [0.25, 0.3) is 11.1 Å². The lowest BCUT2D eigenvalue weighted by molar-refractivity contribution is 0.403. The molecule has 29 heavy (non-hydrogen) atoms. The van der Waals surface area contributed by atoms with Crippen LogP contribution < -0.4 is 5.30 Å². The van der Waals surface area contributed by atoms with Crippen molar-refractivity contribution in [2.75, 3.05) is 14.1 Å². The number of benzene rings is 3. The molecule has 0 fully saturated rings. The summed E-state index contributed by atoms with van der Waals surface area (Å²) in [6.07, 6.45) is 0.965. The lowest BCUT2D eigenvalue weighted by atomic mass is 9.92. The molecule has 3 aromatic carbocycles. The Morgan fingerprint density at radius 2 is 1.62 bits per heavy atom. The van der Waals surface area contributed by atoms with Gasteiger partial charge >= 0.3 is 0 Å². The van der Waals surface area contributed by atoms with Crippen LogP contribution in [-0.4, -0.2) is 24.1 Å². The second kappa shape index (κ2) is 9.11. The van der Waals surface area contributed by atoms with Gasteiger partial charge in [-0.05, 0) is 49.4 Å². The summed E-state index contributed by atoms with van der Waals surface area (Å²) in [6.45, 7) is 7.66. The van der Waals surface area contributed by atoms with Gasteiger partial charge < -0.3 is 10.0 Å². The Morgan fingerprint density at radius 3 is 2.28 bits per heavy atom. The summed E-state index contributed by atoms with van der Waals surface area (Å²) in [6, 6.07) is 22.9. The molecule has 3 heteroatoms. The smallest absolute Gasteiger partial charge is 0.127 e. The maximum absolute atomic E-state index is 11.3. The van der Waals surface area contributed by atoms with E-state index < -0.39 is 0 Å². The molecule has 2 unspecified atom stereocenters. The molecule has 0 heterocycles. The van der Waals surface area contributed by atoms with Crippen LogP contribution in [0.3, 0.4) is 0 Å². The molecule has 0 aromatic heterocycles. The zero-order chi connectivity index (χ0) is 21.0. The molecule has 0 aliphatic heterocycles. The lowest BCUT2D eigenvalue weighted by Crippen LogP contribution is -2.24. The van der Waals surface area contributed by atoms with E-state index in [0.717, 1.165) is 29.7 Å². The first kappa shape index (κ1) is 21.6. The van der Waals surface area contributed by atoms with Gasteiger partial charge in [0.05, 0.1) is 0 Å². The number of hydrogen-bond acceptors (Lipinski definition) is 2. The number of phenols is 1. The molecule has 0 radical (unpaired) electrons. The van der Waals surface area contributed by atoms with Crippen LogP contribution in [0.5, 0.6) is 5.75 Å². The molecule has 1 N–H and O–H groups in total. The van der Waals surface area contributed by atoms with Crippen molar-refractivity contribution in [1.82, 2.24) is 4.90 Å². The number of hydrogen-bond donors (Lipinski definition) is 1. The van der Waals surface area contributed by atoms with E-state index in [4.69, 9.17) is 0 Å². The Bertz CT molecular complexity index is 968. The van der Waals surface area contributed by atoms with Crippen molar-refractivity contribution in [2.45, 2.75) is 38.9 Å². The average molecular weight is 406 g/mol. The fraction of sp³-hybridized carbons (Fsp3) is 0.308. The summed E-state index contributed by atoms with van der Waals surface area (Å²) < 4.78 is 0. The maximum atomic E-state index is 11.3. The molecular formula is C26H32NOP. The van der Waals surface area contributed by atoms with Crippen molar-refractivity contribution in [1.29, 1.82) is 0 Å². The average Bonchev–Trinajstić information content (AvgIpc) is 2.71. The molecule has 0 saturated carbocycles. The summed E-state index contributed by atoms with van der Waals surface area (Å²) in [5, 5.41) is 12.6. The lowest BCUT2D eigenvalue weighted by Gasteiger charge is -2.32. The second-order valence-electron chi connectivity index (χ2n) is 8.23. The van der Waals surface area contributed by atoms with E-state index in [2.05, 4.69) is 82.2 Å². The van der Waals surface area contributed by atoms with Crippen molar-refractivity contribution < 1.29 is 5.11 Å². The highest BCUT2D eigenvalue weighted by Crippen LogP contribution is 2.49. The summed E-state index contributed by atoms with van der Waals surface area (Å²) >= 11 is 0. The predicted molar refractivity (Wildman–Crippen MR) is 128 cm³/mol. The highest BCUT2D eigenvalue weighted by Gasteiger charge is 2.30. The highest BCUT2D eigenvalue weighted by molar-refractivity contribution is 7.48. The third-order valence-corrected chi connectivity index (χ3v) is 7.81. The van der Waals surface area contributed by atoms with Gasteiger partial charge in [0.2, 0.25) is 0 Å². The van der Waals surface area contributed by atoms with Gasteiger partial charge in [-0.3, -0.25) is 0 Å². The van der Waals surface area contributed by atoms with E-state index in [1.807, 2.05) is 24.3 Å². The zero-order valence-corrected chi connectivity index (χ0v) is 19.2. The van der Waals surface area contributed by atoms with Crippen molar-refractivity contribution in [3.8, 4) is 16.9 Å². The molecule has 3 aromatic rings. The monoisotopic (exact) mass is 405 g/mol. The maximum Gasteiger partial charge on any atom is 0.127 e. The Hall–Kier alpha value is -2.15. The number of para-hydroxylation sites is 1. The molecule has 0 saturated heterocycles. The van der Waals surface area contributed by atoms with Crippen LogP contribution in [-0.2, 0) is 11.7 Å². The first-order chi connectivity index (χ1) is 13.9. The van der Waals surface area contributed by atoms with E-state index in [-0.39, 0.29) is 5.16 Å². The fourth-order valence-corrected chi connectivity index (χ4v) is 5.51. The molecule has 3 rings (SSSR count). The minimum absolute atomic E-state index is 0.123. The Labute approximate surface area is 177 Å². The van der Waals surface area contributed by atoms with Crippen LogP contribution in [0, 0.1) is 6.92 Å². The van der Waals surface area contributed by atoms with Gasteiger partial charge in [-0.15, -0.1) is 0 Å². The minimum Gasteiger partial charge on any atom is -0.507 e. The first-order valence-corrected chi connectivity index (χ1v) is 11.2. The number of rotatable bonds is 7. The third-order valence-electron chi connectivity index (χ3n) is 5.67. The van der Waals surface area contributed by atoms with Gasteiger partial charge in [0.15, 0.2) is 0 Å². The van der Waals surface area contributed by atoms with E-state index >= 15 is 0 Å². The second-order valence-corrected chi connectivity index (χ2v) is 10.1. The van der Waals surface area contributed by atoms with Crippen molar-refractivity contribution >= 4 is 13.9 Å². The van der Waals surface area contributed by atoms with Crippen LogP contribution in [0.2, 0.25) is 0 Å². The van der Waals surface area contributed by atoms with Crippen molar-refractivity contribution in [3.05, 3.63) is 83.4 Å². The topological polar surface area (TPSA) is 23.5 Å². The quantitative estimate of drug-likeness (QED) is 0.483. The van der Waals surface area contributed by atoms with Gasteiger partial charge in [-0.1, -0.05) is 89.2 Å². The van der Waals surface area contributed by atoms with Crippen LogP contribution >= 0.6 is 8.58 Å².